The SMILES string of the molecule is CCCC/C=N/N=C/c1cccc(NC(=O)c2cc3c(cc2OC)CCN(C(C)C)C3)n1. The number of carbonyl (C=O) groups is 1. The van der Waals surface area contributed by atoms with E-state index in [2.05, 4.69) is 46.2 Å². The Bertz CT molecular complexity index is 984. The minimum atomic E-state index is -0.245. The highest BCUT2D eigenvalue weighted by atomic mass is 16.5. The molecule has 1 N–H and O–H groups in total. The van der Waals surface area contributed by atoms with E-state index >= 15 is 0 Å². The molecule has 0 atom stereocenters. The van der Waals surface area contributed by atoms with Crippen LogP contribution in [0.5, 0.6) is 5.75 Å². The predicted molar refractivity (Wildman–Crippen MR) is 130 cm³/mol. The van der Waals surface area contributed by atoms with E-state index in [9.17, 15) is 4.79 Å². The lowest BCUT2D eigenvalue weighted by molar-refractivity contribution is 0.102. The molecule has 0 radical (unpaired) electrons. The smallest absolute Gasteiger partial charge is 0.260 e. The standard InChI is InChI=1S/C25H33N5O2/c1-5-6-7-12-26-27-16-21-9-8-10-24(28-21)29-25(31)22-14-20-17-30(18(2)3)13-11-19(20)15-23(22)32-4/h8-10,12,14-16,18H,5-7,11,13,17H2,1-4H3,(H,28,29,31)/b26-12+,27-16+. The van der Waals surface area contributed by atoms with Crippen LogP contribution in [0, 0.1) is 0 Å². The molecule has 170 valence electrons. The number of nitrogens with zero attached hydrogens (tertiary/aromatic N) is 4. The Kier molecular flexibility index (Phi) is 8.50. The molecule has 1 aliphatic rings. The largest absolute Gasteiger partial charge is 0.496 e. The Morgan fingerprint density at radius 3 is 2.88 bits per heavy atom. The van der Waals surface area contributed by atoms with Gasteiger partial charge in [-0.05, 0) is 68.5 Å². The first-order valence-corrected chi connectivity index (χ1v) is 11.3. The van der Waals surface area contributed by atoms with Crippen LogP contribution in [0.15, 0.2) is 40.5 Å². The van der Waals surface area contributed by atoms with E-state index in [0.717, 1.165) is 38.8 Å². The molecule has 7 heteroatoms. The summed E-state index contributed by atoms with van der Waals surface area (Å²) in [5, 5.41) is 10.9. The molecule has 3 rings (SSSR count). The third kappa shape index (κ3) is 6.23. The molecule has 0 saturated heterocycles. The Labute approximate surface area is 190 Å². The summed E-state index contributed by atoms with van der Waals surface area (Å²) in [5.41, 5.74) is 3.55. The second-order valence-electron chi connectivity index (χ2n) is 8.22. The molecule has 0 unspecified atom stereocenters. The van der Waals surface area contributed by atoms with Crippen molar-refractivity contribution in [1.82, 2.24) is 9.88 Å². The third-order valence-electron chi connectivity index (χ3n) is 5.58. The van der Waals surface area contributed by atoms with E-state index in [-0.39, 0.29) is 5.91 Å². The van der Waals surface area contributed by atoms with Gasteiger partial charge < -0.3 is 10.1 Å². The number of hydrogen-bond donors (Lipinski definition) is 1. The maximum atomic E-state index is 13.1. The summed E-state index contributed by atoms with van der Waals surface area (Å²) >= 11 is 0. The highest BCUT2D eigenvalue weighted by Gasteiger charge is 2.23. The summed E-state index contributed by atoms with van der Waals surface area (Å²) in [4.78, 5) is 19.9. The van der Waals surface area contributed by atoms with Crippen LogP contribution in [-0.2, 0) is 13.0 Å². The van der Waals surface area contributed by atoms with Crippen molar-refractivity contribution in [3.05, 3.63) is 52.7 Å². The van der Waals surface area contributed by atoms with Crippen LogP contribution in [0.1, 0.15) is 67.2 Å². The molecule has 0 spiro atoms. The van der Waals surface area contributed by atoms with Gasteiger partial charge in [-0.15, -0.1) is 0 Å². The van der Waals surface area contributed by atoms with Gasteiger partial charge in [0.25, 0.3) is 5.91 Å². The lowest BCUT2D eigenvalue weighted by Crippen LogP contribution is -2.36. The number of carbonyl (C=O) groups excluding carboxylic acids is 1. The van der Waals surface area contributed by atoms with E-state index in [1.807, 2.05) is 24.3 Å². The average molecular weight is 436 g/mol. The zero-order valence-corrected chi connectivity index (χ0v) is 19.5. The average Bonchev–Trinajstić information content (AvgIpc) is 2.80. The number of rotatable bonds is 9. The zero-order valence-electron chi connectivity index (χ0n) is 19.5. The first-order chi connectivity index (χ1) is 15.5. The molecule has 0 bridgehead atoms. The molecule has 1 aliphatic heterocycles. The summed E-state index contributed by atoms with van der Waals surface area (Å²) in [6.45, 7) is 8.38. The second-order valence-corrected chi connectivity index (χ2v) is 8.22. The van der Waals surface area contributed by atoms with Crippen molar-refractivity contribution in [3.8, 4) is 5.75 Å². The van der Waals surface area contributed by atoms with Gasteiger partial charge in [0.15, 0.2) is 0 Å². The summed E-state index contributed by atoms with van der Waals surface area (Å²) in [7, 11) is 1.60. The van der Waals surface area contributed by atoms with E-state index < -0.39 is 0 Å². The van der Waals surface area contributed by atoms with Gasteiger partial charge in [0.05, 0.1) is 24.6 Å². The van der Waals surface area contributed by atoms with Gasteiger partial charge in [-0.2, -0.15) is 10.2 Å². The number of aromatic nitrogens is 1. The predicted octanol–water partition coefficient (Wildman–Crippen LogP) is 4.70. The van der Waals surface area contributed by atoms with Crippen molar-refractivity contribution in [2.45, 2.75) is 59.0 Å². The van der Waals surface area contributed by atoms with Crippen LogP contribution in [0.2, 0.25) is 0 Å². The normalized spacial score (nSPS) is 14.3. The van der Waals surface area contributed by atoms with Gasteiger partial charge >= 0.3 is 0 Å². The molecule has 0 fully saturated rings. The molecule has 32 heavy (non-hydrogen) atoms. The molecule has 0 aliphatic carbocycles. The minimum Gasteiger partial charge on any atom is -0.496 e. The number of pyridine rings is 1. The van der Waals surface area contributed by atoms with Crippen molar-refractivity contribution in [1.29, 1.82) is 0 Å². The summed E-state index contributed by atoms with van der Waals surface area (Å²) < 4.78 is 5.53. The number of methoxy groups -OCH3 is 1. The van der Waals surface area contributed by atoms with Crippen molar-refractivity contribution in [3.63, 3.8) is 0 Å². The van der Waals surface area contributed by atoms with Crippen LogP contribution in [0.4, 0.5) is 5.82 Å². The zero-order chi connectivity index (χ0) is 22.9. The molecular weight excluding hydrogens is 402 g/mol. The number of amides is 1. The van der Waals surface area contributed by atoms with Gasteiger partial charge in [-0.3, -0.25) is 9.69 Å². The number of nitrogens with one attached hydrogen (secondary N) is 1. The monoisotopic (exact) mass is 435 g/mol. The minimum absolute atomic E-state index is 0.245. The van der Waals surface area contributed by atoms with E-state index in [1.165, 1.54) is 11.1 Å². The molecule has 2 aromatic rings. The molecule has 1 aromatic carbocycles. The molecule has 1 aromatic heterocycles. The number of unbranched alkanes of at least 4 members (excludes halogenated alkanes) is 2. The Balaban J connectivity index is 1.74. The molecule has 7 nitrogen and oxygen atoms in total. The van der Waals surface area contributed by atoms with Crippen LogP contribution in [0.25, 0.3) is 0 Å². The van der Waals surface area contributed by atoms with E-state index in [4.69, 9.17) is 4.74 Å². The number of ether oxygens (including phenoxy) is 1. The third-order valence-corrected chi connectivity index (χ3v) is 5.58. The van der Waals surface area contributed by atoms with Crippen LogP contribution in [-0.4, -0.2) is 47.9 Å². The lowest BCUT2D eigenvalue weighted by Gasteiger charge is -2.32. The first-order valence-electron chi connectivity index (χ1n) is 11.3. The molecular formula is C25H33N5O2. The number of benzene rings is 1. The lowest BCUT2D eigenvalue weighted by atomic mass is 9.95. The highest BCUT2D eigenvalue weighted by Crippen LogP contribution is 2.29. The van der Waals surface area contributed by atoms with Gasteiger partial charge in [-0.25, -0.2) is 4.98 Å². The topological polar surface area (TPSA) is 79.2 Å². The molecule has 0 saturated carbocycles. The highest BCUT2D eigenvalue weighted by molar-refractivity contribution is 6.06. The Morgan fingerprint density at radius 2 is 2.12 bits per heavy atom. The van der Waals surface area contributed by atoms with Crippen molar-refractivity contribution < 1.29 is 9.53 Å². The van der Waals surface area contributed by atoms with Crippen molar-refractivity contribution in [2.75, 3.05) is 19.0 Å². The fourth-order valence-electron chi connectivity index (χ4n) is 3.67. The van der Waals surface area contributed by atoms with Crippen LogP contribution in [0.3, 0.4) is 0 Å². The van der Waals surface area contributed by atoms with Crippen LogP contribution >= 0.6 is 0 Å². The maximum Gasteiger partial charge on any atom is 0.260 e. The quantitative estimate of drug-likeness (QED) is 0.352. The number of fused-ring (bicyclic) bond motifs is 1. The van der Waals surface area contributed by atoms with Gasteiger partial charge in [0.2, 0.25) is 0 Å². The van der Waals surface area contributed by atoms with Gasteiger partial charge in [-0.1, -0.05) is 19.4 Å². The Morgan fingerprint density at radius 1 is 1.28 bits per heavy atom. The summed E-state index contributed by atoms with van der Waals surface area (Å²) in [6, 6.07) is 9.82. The number of hydrogen-bond acceptors (Lipinski definition) is 6. The van der Waals surface area contributed by atoms with Crippen molar-refractivity contribution in [2.24, 2.45) is 10.2 Å². The summed E-state index contributed by atoms with van der Waals surface area (Å²) in [6.07, 6.45) is 7.47. The maximum absolute atomic E-state index is 13.1. The fourth-order valence-corrected chi connectivity index (χ4v) is 3.67. The fraction of sp³-hybridized carbons (Fsp3) is 0.440. The van der Waals surface area contributed by atoms with Crippen LogP contribution < -0.4 is 10.1 Å². The Hall–Kier alpha value is -3.06. The second kappa shape index (κ2) is 11.5. The molecule has 1 amide bonds. The van der Waals surface area contributed by atoms with E-state index in [1.54, 1.807) is 25.6 Å². The number of anilines is 1. The van der Waals surface area contributed by atoms with E-state index in [0.29, 0.717) is 28.9 Å². The molecule has 2 heterocycles. The van der Waals surface area contributed by atoms with Gasteiger partial charge in [0.1, 0.15) is 11.6 Å². The van der Waals surface area contributed by atoms with Crippen molar-refractivity contribution >= 4 is 24.2 Å². The first kappa shape index (κ1) is 23.6. The van der Waals surface area contributed by atoms with Gasteiger partial charge in [0, 0.05) is 25.3 Å². The summed E-state index contributed by atoms with van der Waals surface area (Å²) in [5.74, 6) is 0.793.